The summed E-state index contributed by atoms with van der Waals surface area (Å²) in [7, 11) is 0. The van der Waals surface area contributed by atoms with Gasteiger partial charge in [-0.3, -0.25) is 4.79 Å². The molecule has 1 atom stereocenters. The quantitative estimate of drug-likeness (QED) is 0.707. The molecule has 0 aromatic heterocycles. The molecule has 0 bridgehead atoms. The fourth-order valence-corrected chi connectivity index (χ4v) is 2.67. The maximum absolute atomic E-state index is 12.4. The Bertz CT molecular complexity index is 915. The molecule has 1 heterocycles. The predicted molar refractivity (Wildman–Crippen MR) is 100 cm³/mol. The number of phenolic OH excluding ortho intramolecular Hbond substituents is 1. The molecule has 148 valence electrons. The Morgan fingerprint density at radius 1 is 1.25 bits per heavy atom. The minimum atomic E-state index is -1.08. The number of esters is 1. The van der Waals surface area contributed by atoms with E-state index in [0.29, 0.717) is 17.2 Å². The number of phenols is 1. The van der Waals surface area contributed by atoms with Crippen molar-refractivity contribution in [2.75, 3.05) is 18.7 Å². The largest absolute Gasteiger partial charge is 0.503 e. The third-order valence-corrected chi connectivity index (χ3v) is 4.15. The predicted octanol–water partition coefficient (Wildman–Crippen LogP) is 3.36. The van der Waals surface area contributed by atoms with Gasteiger partial charge in [0.1, 0.15) is 0 Å². The molecule has 0 saturated heterocycles. The lowest BCUT2D eigenvalue weighted by atomic mass is 10.2. The average Bonchev–Trinajstić information content (AvgIpc) is 3.13. The van der Waals surface area contributed by atoms with Crippen LogP contribution in [0.3, 0.4) is 0 Å². The molecule has 0 unspecified atom stereocenters. The molecule has 2 aromatic rings. The monoisotopic (exact) mass is 407 g/mol. The van der Waals surface area contributed by atoms with Crippen LogP contribution in [0.25, 0.3) is 0 Å². The van der Waals surface area contributed by atoms with Gasteiger partial charge in [0.15, 0.2) is 29.1 Å². The van der Waals surface area contributed by atoms with Gasteiger partial charge >= 0.3 is 5.97 Å². The van der Waals surface area contributed by atoms with E-state index in [-0.39, 0.29) is 35.5 Å². The smallest absolute Gasteiger partial charge is 0.339 e. The number of hydrogen-bond acceptors (Lipinski definition) is 7. The first-order chi connectivity index (χ1) is 13.4. The van der Waals surface area contributed by atoms with Gasteiger partial charge in [-0.25, -0.2) is 4.79 Å². The molecule has 1 aliphatic rings. The fourth-order valence-electron chi connectivity index (χ4n) is 2.46. The van der Waals surface area contributed by atoms with Gasteiger partial charge < -0.3 is 29.4 Å². The van der Waals surface area contributed by atoms with E-state index in [0.717, 1.165) is 0 Å². The summed E-state index contributed by atoms with van der Waals surface area (Å²) in [4.78, 5) is 24.7. The molecular weight excluding hydrogens is 390 g/mol. The minimum Gasteiger partial charge on any atom is -0.503 e. The summed E-state index contributed by atoms with van der Waals surface area (Å²) in [6, 6.07) is 7.47. The number of benzene rings is 2. The van der Waals surface area contributed by atoms with Crippen LogP contribution in [-0.4, -0.2) is 36.5 Å². The van der Waals surface area contributed by atoms with Crippen molar-refractivity contribution in [2.24, 2.45) is 0 Å². The Kier molecular flexibility index (Phi) is 5.79. The number of aromatic hydroxyl groups is 1. The van der Waals surface area contributed by atoms with E-state index in [9.17, 15) is 14.7 Å². The Labute approximate surface area is 165 Å². The van der Waals surface area contributed by atoms with E-state index in [1.807, 2.05) is 0 Å². The molecule has 2 aromatic carbocycles. The van der Waals surface area contributed by atoms with Gasteiger partial charge in [-0.15, -0.1) is 0 Å². The number of ether oxygens (including phenoxy) is 4. The molecule has 0 spiro atoms. The Balaban J connectivity index is 1.66. The van der Waals surface area contributed by atoms with Crippen LogP contribution in [-0.2, 0) is 9.53 Å². The molecule has 8 nitrogen and oxygen atoms in total. The number of fused-ring (bicyclic) bond motifs is 1. The van der Waals surface area contributed by atoms with Gasteiger partial charge in [0.2, 0.25) is 6.79 Å². The summed E-state index contributed by atoms with van der Waals surface area (Å²) in [5.41, 5.74) is 0.525. The maximum atomic E-state index is 12.4. The zero-order chi connectivity index (χ0) is 20.3. The zero-order valence-electron chi connectivity index (χ0n) is 15.2. The Morgan fingerprint density at radius 3 is 2.75 bits per heavy atom. The first kappa shape index (κ1) is 19.6. The number of carbonyl (C=O) groups is 2. The number of carbonyl (C=O) groups excluding carboxylic acids is 2. The molecule has 0 fully saturated rings. The highest BCUT2D eigenvalue weighted by Crippen LogP contribution is 2.36. The summed E-state index contributed by atoms with van der Waals surface area (Å²) >= 11 is 5.91. The lowest BCUT2D eigenvalue weighted by molar-refractivity contribution is -0.123. The lowest BCUT2D eigenvalue weighted by Crippen LogP contribution is -2.30. The van der Waals surface area contributed by atoms with E-state index >= 15 is 0 Å². The second kappa shape index (κ2) is 8.26. The van der Waals surface area contributed by atoms with Crippen molar-refractivity contribution >= 4 is 29.2 Å². The van der Waals surface area contributed by atoms with Crippen molar-refractivity contribution < 1.29 is 33.6 Å². The van der Waals surface area contributed by atoms with Gasteiger partial charge in [-0.05, 0) is 38.1 Å². The highest BCUT2D eigenvalue weighted by Gasteiger charge is 2.22. The Morgan fingerprint density at radius 2 is 2.00 bits per heavy atom. The molecule has 0 saturated carbocycles. The van der Waals surface area contributed by atoms with Crippen molar-refractivity contribution in [1.82, 2.24) is 0 Å². The van der Waals surface area contributed by atoms with Crippen LogP contribution in [0.15, 0.2) is 30.3 Å². The van der Waals surface area contributed by atoms with Gasteiger partial charge in [0, 0.05) is 11.8 Å². The van der Waals surface area contributed by atoms with Crippen molar-refractivity contribution in [3.05, 3.63) is 40.9 Å². The topological polar surface area (TPSA) is 103 Å². The molecule has 0 radical (unpaired) electrons. The second-order valence-electron chi connectivity index (χ2n) is 5.84. The van der Waals surface area contributed by atoms with E-state index < -0.39 is 18.0 Å². The molecule has 0 aliphatic carbocycles. The highest BCUT2D eigenvalue weighted by molar-refractivity contribution is 6.32. The van der Waals surface area contributed by atoms with Gasteiger partial charge in [-0.2, -0.15) is 0 Å². The van der Waals surface area contributed by atoms with Crippen molar-refractivity contribution in [2.45, 2.75) is 20.0 Å². The number of rotatable bonds is 6. The van der Waals surface area contributed by atoms with E-state index in [2.05, 4.69) is 5.32 Å². The number of nitrogens with one attached hydrogen (secondary N) is 1. The van der Waals surface area contributed by atoms with Crippen LogP contribution in [0.1, 0.15) is 24.2 Å². The van der Waals surface area contributed by atoms with Gasteiger partial charge in [0.25, 0.3) is 5.91 Å². The van der Waals surface area contributed by atoms with Crippen LogP contribution >= 0.6 is 11.6 Å². The average molecular weight is 408 g/mol. The number of amides is 1. The first-order valence-corrected chi connectivity index (χ1v) is 8.83. The van der Waals surface area contributed by atoms with Gasteiger partial charge in [0.05, 0.1) is 17.2 Å². The minimum absolute atomic E-state index is 0.0500. The standard InChI is InChI=1S/C19H18ClNO7/c1-3-25-16-7-11(6-13(20)17(16)22)19(24)28-10(2)18(23)21-12-4-5-14-15(8-12)27-9-26-14/h4-8,10,22H,3,9H2,1-2H3,(H,21,23)/t10-/m0/s1. The van der Waals surface area contributed by atoms with E-state index in [4.69, 9.17) is 30.5 Å². The zero-order valence-corrected chi connectivity index (χ0v) is 15.9. The molecule has 3 rings (SSSR count). The third kappa shape index (κ3) is 4.23. The molecule has 2 N–H and O–H groups in total. The maximum Gasteiger partial charge on any atom is 0.339 e. The second-order valence-corrected chi connectivity index (χ2v) is 6.25. The normalized spacial score (nSPS) is 13.0. The summed E-state index contributed by atoms with van der Waals surface area (Å²) in [5, 5.41) is 12.4. The van der Waals surface area contributed by atoms with Crippen LogP contribution in [0.4, 0.5) is 5.69 Å². The first-order valence-electron chi connectivity index (χ1n) is 8.45. The molecule has 1 aliphatic heterocycles. The number of anilines is 1. The highest BCUT2D eigenvalue weighted by atomic mass is 35.5. The number of halogens is 1. The van der Waals surface area contributed by atoms with Crippen molar-refractivity contribution in [3.8, 4) is 23.0 Å². The lowest BCUT2D eigenvalue weighted by Gasteiger charge is -2.15. The number of hydrogen-bond donors (Lipinski definition) is 2. The van der Waals surface area contributed by atoms with Crippen molar-refractivity contribution in [3.63, 3.8) is 0 Å². The summed E-state index contributed by atoms with van der Waals surface area (Å²) in [6.07, 6.45) is -1.08. The van der Waals surface area contributed by atoms with Crippen molar-refractivity contribution in [1.29, 1.82) is 0 Å². The fraction of sp³-hybridized carbons (Fsp3) is 0.263. The molecule has 28 heavy (non-hydrogen) atoms. The summed E-state index contributed by atoms with van der Waals surface area (Å²) in [5.74, 6) is -0.414. The van der Waals surface area contributed by atoms with Crippen LogP contribution < -0.4 is 19.5 Å². The molecular formula is C19H18ClNO7. The molecule has 9 heteroatoms. The SMILES string of the molecule is CCOc1cc(C(=O)O[C@@H](C)C(=O)Nc2ccc3c(c2)OCO3)cc(Cl)c1O. The van der Waals surface area contributed by atoms with Gasteiger partial charge in [-0.1, -0.05) is 11.6 Å². The van der Waals surface area contributed by atoms with E-state index in [1.54, 1.807) is 25.1 Å². The Hall–Kier alpha value is -3.13. The summed E-state index contributed by atoms with van der Waals surface area (Å²) < 4.78 is 20.9. The van der Waals surface area contributed by atoms with Crippen LogP contribution in [0, 0.1) is 0 Å². The summed E-state index contributed by atoms with van der Waals surface area (Å²) in [6.45, 7) is 3.56. The van der Waals surface area contributed by atoms with Crippen LogP contribution in [0.2, 0.25) is 5.02 Å². The third-order valence-electron chi connectivity index (χ3n) is 3.86. The van der Waals surface area contributed by atoms with Crippen LogP contribution in [0.5, 0.6) is 23.0 Å². The molecule has 1 amide bonds. The van der Waals surface area contributed by atoms with E-state index in [1.165, 1.54) is 19.1 Å².